The van der Waals surface area contributed by atoms with Crippen LogP contribution >= 0.6 is 11.6 Å². The Hall–Kier alpha value is -2.79. The summed E-state index contributed by atoms with van der Waals surface area (Å²) in [4.78, 5) is 30.6. The molecule has 32 heavy (non-hydrogen) atoms. The highest BCUT2D eigenvalue weighted by Crippen LogP contribution is 2.35. The third-order valence-electron chi connectivity index (χ3n) is 6.24. The molecule has 2 aliphatic heterocycles. The number of carbonyl (C=O) groups is 2. The molecule has 2 heterocycles. The van der Waals surface area contributed by atoms with E-state index in [1.54, 1.807) is 7.11 Å². The molecule has 2 aromatic rings. The number of rotatable bonds is 6. The predicted molar refractivity (Wildman–Crippen MR) is 126 cm³/mol. The Kier molecular flexibility index (Phi) is 6.56. The lowest BCUT2D eigenvalue weighted by Crippen LogP contribution is -2.42. The van der Waals surface area contributed by atoms with Crippen LogP contribution < -0.4 is 4.74 Å². The van der Waals surface area contributed by atoms with Gasteiger partial charge in [-0.2, -0.15) is 0 Å². The standard InChI is InChI=1S/C26H29ClN2O3/c1-17-14-18(2)16-28(15-17)24-23(20-6-10-22(32-3)11-7-20)25(30)29(26(24)31)13-12-19-4-8-21(27)9-5-19/h4-11,17-18H,12-16H2,1-3H3. The van der Waals surface area contributed by atoms with E-state index in [4.69, 9.17) is 16.3 Å². The van der Waals surface area contributed by atoms with Gasteiger partial charge in [0.2, 0.25) is 0 Å². The van der Waals surface area contributed by atoms with Crippen molar-refractivity contribution in [3.05, 3.63) is 70.4 Å². The first-order valence-corrected chi connectivity index (χ1v) is 11.5. The largest absolute Gasteiger partial charge is 0.497 e. The Bertz CT molecular complexity index is 1020. The Morgan fingerprint density at radius 2 is 1.56 bits per heavy atom. The van der Waals surface area contributed by atoms with Gasteiger partial charge in [0.15, 0.2) is 0 Å². The van der Waals surface area contributed by atoms with Crippen molar-refractivity contribution in [2.24, 2.45) is 11.8 Å². The van der Waals surface area contributed by atoms with Crippen LogP contribution in [0.5, 0.6) is 5.75 Å². The number of halogens is 1. The predicted octanol–water partition coefficient (Wildman–Crippen LogP) is 4.65. The van der Waals surface area contributed by atoms with Gasteiger partial charge in [0.25, 0.3) is 11.8 Å². The molecule has 0 N–H and O–H groups in total. The van der Waals surface area contributed by atoms with Crippen molar-refractivity contribution >= 4 is 29.0 Å². The Labute approximate surface area is 194 Å². The number of carbonyl (C=O) groups excluding carboxylic acids is 2. The molecule has 1 saturated heterocycles. The normalized spacial score (nSPS) is 21.5. The van der Waals surface area contributed by atoms with E-state index in [-0.39, 0.29) is 11.8 Å². The number of imide groups is 1. The molecule has 6 heteroatoms. The number of hydrogen-bond acceptors (Lipinski definition) is 4. The van der Waals surface area contributed by atoms with Crippen molar-refractivity contribution < 1.29 is 14.3 Å². The van der Waals surface area contributed by atoms with Gasteiger partial charge in [0, 0.05) is 24.7 Å². The molecular weight excluding hydrogens is 424 g/mol. The number of hydrogen-bond donors (Lipinski definition) is 0. The maximum atomic E-state index is 13.6. The Balaban J connectivity index is 1.66. The molecule has 5 nitrogen and oxygen atoms in total. The highest BCUT2D eigenvalue weighted by atomic mass is 35.5. The summed E-state index contributed by atoms with van der Waals surface area (Å²) < 4.78 is 5.27. The summed E-state index contributed by atoms with van der Waals surface area (Å²) in [6.07, 6.45) is 1.72. The van der Waals surface area contributed by atoms with Crippen LogP contribution in [-0.4, -0.2) is 48.4 Å². The van der Waals surface area contributed by atoms with Gasteiger partial charge >= 0.3 is 0 Å². The molecule has 168 valence electrons. The molecule has 0 aliphatic carbocycles. The lowest BCUT2D eigenvalue weighted by atomic mass is 9.91. The monoisotopic (exact) mass is 452 g/mol. The van der Waals surface area contributed by atoms with Crippen molar-refractivity contribution in [2.45, 2.75) is 26.7 Å². The first-order chi connectivity index (χ1) is 15.4. The van der Waals surface area contributed by atoms with E-state index in [9.17, 15) is 9.59 Å². The second-order valence-electron chi connectivity index (χ2n) is 8.94. The van der Waals surface area contributed by atoms with Gasteiger partial charge in [0.1, 0.15) is 11.4 Å². The summed E-state index contributed by atoms with van der Waals surface area (Å²) in [5.41, 5.74) is 2.82. The van der Waals surface area contributed by atoms with Crippen molar-refractivity contribution in [1.82, 2.24) is 9.80 Å². The zero-order valence-corrected chi connectivity index (χ0v) is 19.6. The number of ether oxygens (including phenoxy) is 1. The second-order valence-corrected chi connectivity index (χ2v) is 9.38. The molecule has 0 bridgehead atoms. The summed E-state index contributed by atoms with van der Waals surface area (Å²) in [7, 11) is 1.61. The highest BCUT2D eigenvalue weighted by molar-refractivity contribution is 6.35. The molecule has 2 aromatic carbocycles. The van der Waals surface area contributed by atoms with Gasteiger partial charge in [-0.15, -0.1) is 0 Å². The van der Waals surface area contributed by atoms with Gasteiger partial charge in [-0.05, 0) is 60.1 Å². The molecule has 2 unspecified atom stereocenters. The minimum Gasteiger partial charge on any atom is -0.497 e. The molecule has 0 spiro atoms. The van der Waals surface area contributed by atoms with E-state index in [0.29, 0.717) is 46.8 Å². The van der Waals surface area contributed by atoms with Crippen LogP contribution in [0.25, 0.3) is 5.57 Å². The second kappa shape index (κ2) is 9.37. The minimum atomic E-state index is -0.227. The molecule has 0 aromatic heterocycles. The zero-order valence-electron chi connectivity index (χ0n) is 18.8. The van der Waals surface area contributed by atoms with Crippen LogP contribution in [0, 0.1) is 11.8 Å². The Morgan fingerprint density at radius 3 is 2.16 bits per heavy atom. The number of methoxy groups -OCH3 is 1. The van der Waals surface area contributed by atoms with Gasteiger partial charge in [-0.1, -0.05) is 49.7 Å². The van der Waals surface area contributed by atoms with Crippen LogP contribution in [0.2, 0.25) is 5.02 Å². The quantitative estimate of drug-likeness (QED) is 0.598. The van der Waals surface area contributed by atoms with Gasteiger partial charge in [-0.3, -0.25) is 14.5 Å². The Morgan fingerprint density at radius 1 is 0.938 bits per heavy atom. The fourth-order valence-electron chi connectivity index (χ4n) is 4.82. The van der Waals surface area contributed by atoms with E-state index >= 15 is 0 Å². The van der Waals surface area contributed by atoms with Crippen LogP contribution in [0.3, 0.4) is 0 Å². The molecular formula is C26H29ClN2O3. The first-order valence-electron chi connectivity index (χ1n) is 11.1. The molecule has 2 amide bonds. The number of nitrogens with zero attached hydrogens (tertiary/aromatic N) is 2. The smallest absolute Gasteiger partial charge is 0.277 e. The summed E-state index contributed by atoms with van der Waals surface area (Å²) in [5, 5.41) is 0.668. The summed E-state index contributed by atoms with van der Waals surface area (Å²) in [6.45, 7) is 6.31. The average molecular weight is 453 g/mol. The molecule has 1 fully saturated rings. The van der Waals surface area contributed by atoms with Crippen molar-refractivity contribution in [2.75, 3.05) is 26.7 Å². The van der Waals surface area contributed by atoms with E-state index in [1.165, 1.54) is 4.90 Å². The number of likely N-dealkylation sites (tertiary alicyclic amines) is 1. The summed E-state index contributed by atoms with van der Waals surface area (Å²) in [6, 6.07) is 14.9. The fourth-order valence-corrected chi connectivity index (χ4v) is 4.94. The molecule has 2 aliphatic rings. The van der Waals surface area contributed by atoms with E-state index in [2.05, 4.69) is 18.7 Å². The molecule has 2 atom stereocenters. The lowest BCUT2D eigenvalue weighted by Gasteiger charge is -2.37. The van der Waals surface area contributed by atoms with E-state index in [0.717, 1.165) is 30.6 Å². The fraction of sp³-hybridized carbons (Fsp3) is 0.385. The van der Waals surface area contributed by atoms with E-state index in [1.807, 2.05) is 48.5 Å². The third kappa shape index (κ3) is 4.53. The van der Waals surface area contributed by atoms with Crippen LogP contribution in [0.1, 0.15) is 31.4 Å². The number of piperidine rings is 1. The summed E-state index contributed by atoms with van der Waals surface area (Å²) in [5.74, 6) is 1.22. The van der Waals surface area contributed by atoms with E-state index < -0.39 is 0 Å². The lowest BCUT2D eigenvalue weighted by molar-refractivity contribution is -0.137. The maximum Gasteiger partial charge on any atom is 0.277 e. The first kappa shape index (κ1) is 22.4. The zero-order chi connectivity index (χ0) is 22.8. The van der Waals surface area contributed by atoms with Crippen molar-refractivity contribution in [3.63, 3.8) is 0 Å². The molecule has 0 radical (unpaired) electrons. The number of benzene rings is 2. The molecule has 0 saturated carbocycles. The van der Waals surface area contributed by atoms with Gasteiger partial charge in [-0.25, -0.2) is 0 Å². The SMILES string of the molecule is COc1ccc(C2=C(N3CC(C)CC(C)C3)C(=O)N(CCc3ccc(Cl)cc3)C2=O)cc1. The number of amides is 2. The topological polar surface area (TPSA) is 49.9 Å². The van der Waals surface area contributed by atoms with Gasteiger partial charge in [0.05, 0.1) is 12.7 Å². The van der Waals surface area contributed by atoms with Crippen LogP contribution in [-0.2, 0) is 16.0 Å². The van der Waals surface area contributed by atoms with Crippen LogP contribution in [0.4, 0.5) is 0 Å². The van der Waals surface area contributed by atoms with Crippen molar-refractivity contribution in [3.8, 4) is 5.75 Å². The maximum absolute atomic E-state index is 13.6. The highest BCUT2D eigenvalue weighted by Gasteiger charge is 2.42. The summed E-state index contributed by atoms with van der Waals surface area (Å²) >= 11 is 5.98. The average Bonchev–Trinajstić information content (AvgIpc) is 3.02. The third-order valence-corrected chi connectivity index (χ3v) is 6.50. The van der Waals surface area contributed by atoms with Gasteiger partial charge < -0.3 is 9.64 Å². The minimum absolute atomic E-state index is 0.198. The molecule has 4 rings (SSSR count). The van der Waals surface area contributed by atoms with Crippen LogP contribution in [0.15, 0.2) is 54.2 Å². The van der Waals surface area contributed by atoms with Crippen molar-refractivity contribution in [1.29, 1.82) is 0 Å².